The molecule has 7 nitrogen and oxygen atoms in total. The average Bonchev–Trinajstić information content (AvgIpc) is 2.75. The van der Waals surface area contributed by atoms with E-state index >= 15 is 0 Å². The molecule has 0 atom stereocenters. The summed E-state index contributed by atoms with van der Waals surface area (Å²) < 4.78 is 0. The molecular weight excluding hydrogens is 438 g/mol. The monoisotopic (exact) mass is 443 g/mol. The van der Waals surface area contributed by atoms with E-state index in [4.69, 9.17) is 0 Å². The van der Waals surface area contributed by atoms with Crippen LogP contribution in [0.1, 0.15) is 0 Å². The van der Waals surface area contributed by atoms with Crippen LogP contribution in [0.25, 0.3) is 10.6 Å². The Hall–Kier alpha value is -1.70. The van der Waals surface area contributed by atoms with Crippen molar-refractivity contribution < 1.29 is 30.0 Å². The summed E-state index contributed by atoms with van der Waals surface area (Å²) >= 11 is 0.690. The van der Waals surface area contributed by atoms with Gasteiger partial charge in [-0.05, 0) is 11.8 Å². The number of hydrogen-bond acceptors (Lipinski definition) is 6. The van der Waals surface area contributed by atoms with Gasteiger partial charge in [-0.25, -0.2) is 0 Å². The minimum Gasteiger partial charge on any atom is -0.319 e. The van der Waals surface area contributed by atoms with Crippen molar-refractivity contribution in [3.63, 3.8) is 0 Å². The van der Waals surface area contributed by atoms with Gasteiger partial charge in [0.1, 0.15) is 0 Å². The van der Waals surface area contributed by atoms with Crippen LogP contribution in [0.2, 0.25) is 0 Å². The Kier molecular flexibility index (Phi) is 4.60. The summed E-state index contributed by atoms with van der Waals surface area (Å²) in [5.74, 6) is 0. The third-order valence-corrected chi connectivity index (χ3v) is 2.93. The van der Waals surface area contributed by atoms with Gasteiger partial charge in [0.05, 0.1) is 0 Å². The van der Waals surface area contributed by atoms with Gasteiger partial charge < -0.3 is 4.98 Å². The number of thiophene rings is 1. The van der Waals surface area contributed by atoms with E-state index in [0.29, 0.717) is 17.0 Å². The van der Waals surface area contributed by atoms with Crippen LogP contribution in [0.5, 0.6) is 0 Å². The van der Waals surface area contributed by atoms with E-state index in [9.17, 15) is 20.2 Å². The molecule has 95 valence electrons. The topological polar surface area (TPSA) is 99.2 Å². The number of pyridine rings is 1. The van der Waals surface area contributed by atoms with Gasteiger partial charge in [0.25, 0.3) is 5.69 Å². The van der Waals surface area contributed by atoms with Gasteiger partial charge >= 0.3 is 5.00 Å². The molecule has 0 aromatic carbocycles. The van der Waals surface area contributed by atoms with Gasteiger partial charge in [-0.1, -0.05) is 23.1 Å². The second kappa shape index (κ2) is 5.76. The van der Waals surface area contributed by atoms with Crippen molar-refractivity contribution in [3.05, 3.63) is 50.7 Å². The third-order valence-electron chi connectivity index (χ3n) is 1.88. The Morgan fingerprint density at radius 3 is 2.39 bits per heavy atom. The van der Waals surface area contributed by atoms with E-state index < -0.39 is 20.5 Å². The van der Waals surface area contributed by atoms with Crippen LogP contribution in [-0.4, -0.2) is 14.8 Å². The number of rotatable bonds is 3. The van der Waals surface area contributed by atoms with Gasteiger partial charge in [-0.2, -0.15) is 11.3 Å². The SMILES string of the molecule is O=[N+]([O-])c1[c-]c(-c2ccccn2)sc1[N+](=O)[O-].[Ir]. The molecule has 0 fully saturated rings. The van der Waals surface area contributed by atoms with Crippen molar-refractivity contribution in [3.8, 4) is 10.6 Å². The van der Waals surface area contributed by atoms with Gasteiger partial charge in [-0.3, -0.25) is 20.2 Å². The number of hydrogen-bond donors (Lipinski definition) is 0. The first kappa shape index (κ1) is 14.4. The summed E-state index contributed by atoms with van der Waals surface area (Å²) in [5.41, 5.74) is -0.200. The first-order valence-electron chi connectivity index (χ1n) is 4.36. The fraction of sp³-hybridized carbons (Fsp3) is 0. The molecule has 0 N–H and O–H groups in total. The average molecular weight is 442 g/mol. The molecule has 9 heteroatoms. The van der Waals surface area contributed by atoms with Gasteiger partial charge in [0.2, 0.25) is 0 Å². The Morgan fingerprint density at radius 2 is 1.94 bits per heavy atom. The first-order chi connectivity index (χ1) is 8.09. The van der Waals surface area contributed by atoms with Crippen molar-refractivity contribution in [2.75, 3.05) is 0 Å². The molecule has 2 heterocycles. The summed E-state index contributed by atoms with van der Waals surface area (Å²) in [6.45, 7) is 0. The molecule has 2 rings (SSSR count). The van der Waals surface area contributed by atoms with E-state index in [1.165, 1.54) is 6.20 Å². The van der Waals surface area contributed by atoms with Gasteiger partial charge in [0.15, 0.2) is 0 Å². The molecule has 1 radical (unpaired) electrons. The second-order valence-corrected chi connectivity index (χ2v) is 3.94. The van der Waals surface area contributed by atoms with Crippen LogP contribution in [0, 0.1) is 26.3 Å². The zero-order valence-electron chi connectivity index (χ0n) is 8.53. The molecule has 0 aliphatic heterocycles. The summed E-state index contributed by atoms with van der Waals surface area (Å²) in [6.07, 6.45) is 1.50. The van der Waals surface area contributed by atoms with Crippen LogP contribution in [0.4, 0.5) is 10.7 Å². The molecule has 0 saturated carbocycles. The summed E-state index contributed by atoms with van der Waals surface area (Å²) in [4.78, 5) is 23.9. The van der Waals surface area contributed by atoms with Crippen molar-refractivity contribution >= 4 is 22.0 Å². The van der Waals surface area contributed by atoms with Crippen molar-refractivity contribution in [2.45, 2.75) is 0 Å². The second-order valence-electron chi connectivity index (χ2n) is 2.94. The van der Waals surface area contributed by atoms with Gasteiger partial charge in [-0.15, -0.1) is 0 Å². The molecule has 0 aliphatic carbocycles. The maximum Gasteiger partial charge on any atom is 0.302 e. The van der Waals surface area contributed by atoms with Crippen LogP contribution < -0.4 is 0 Å². The normalized spacial score (nSPS) is 9.56. The van der Waals surface area contributed by atoms with Crippen LogP contribution in [0.15, 0.2) is 24.4 Å². The summed E-state index contributed by atoms with van der Waals surface area (Å²) in [5, 5.41) is 20.7. The number of nitrogens with zero attached hydrogens (tertiary/aromatic N) is 3. The Balaban J connectivity index is 0.00000162. The van der Waals surface area contributed by atoms with Crippen LogP contribution in [-0.2, 0) is 20.1 Å². The molecule has 0 amide bonds. The van der Waals surface area contributed by atoms with Crippen molar-refractivity contribution in [1.29, 1.82) is 0 Å². The minimum atomic E-state index is -0.818. The zero-order valence-corrected chi connectivity index (χ0v) is 11.7. The number of nitro groups is 2. The zero-order chi connectivity index (χ0) is 12.4. The number of aromatic nitrogens is 1. The maximum atomic E-state index is 10.6. The Bertz CT molecular complexity index is 555. The standard InChI is InChI=1S/C9H4N3O4S.Ir/c13-11(14)7-5-8(17-9(7)12(15)16)6-3-1-2-4-10-6;/h1-4H;/q-1;. The van der Waals surface area contributed by atoms with E-state index in [0.717, 1.165) is 0 Å². The summed E-state index contributed by atoms with van der Waals surface area (Å²) in [6, 6.07) is 7.37. The fourth-order valence-electron chi connectivity index (χ4n) is 1.19. The molecule has 0 spiro atoms. The molecule has 2 aromatic heterocycles. The molecule has 0 unspecified atom stereocenters. The molecule has 18 heavy (non-hydrogen) atoms. The van der Waals surface area contributed by atoms with Gasteiger partial charge in [0, 0.05) is 36.1 Å². The third kappa shape index (κ3) is 2.75. The summed E-state index contributed by atoms with van der Waals surface area (Å²) in [7, 11) is 0. The Morgan fingerprint density at radius 1 is 1.22 bits per heavy atom. The molecule has 0 saturated heterocycles. The molecule has 0 aliphatic rings. The van der Waals surface area contributed by atoms with Crippen LogP contribution >= 0.6 is 11.3 Å². The Labute approximate surface area is 118 Å². The van der Waals surface area contributed by atoms with Crippen molar-refractivity contribution in [2.24, 2.45) is 0 Å². The minimum absolute atomic E-state index is 0. The quantitative estimate of drug-likeness (QED) is 0.413. The smallest absolute Gasteiger partial charge is 0.302 e. The van der Waals surface area contributed by atoms with E-state index in [-0.39, 0.29) is 25.0 Å². The molecule has 0 bridgehead atoms. The van der Waals surface area contributed by atoms with E-state index in [2.05, 4.69) is 11.1 Å². The predicted molar refractivity (Wildman–Crippen MR) is 59.7 cm³/mol. The largest absolute Gasteiger partial charge is 0.319 e. The van der Waals surface area contributed by atoms with Crippen LogP contribution in [0.3, 0.4) is 0 Å². The maximum absolute atomic E-state index is 10.6. The first-order valence-corrected chi connectivity index (χ1v) is 5.17. The van der Waals surface area contributed by atoms with Crippen molar-refractivity contribution in [1.82, 2.24) is 4.98 Å². The molecule has 2 aromatic rings. The fourth-order valence-corrected chi connectivity index (χ4v) is 2.06. The predicted octanol–water partition coefficient (Wildman–Crippen LogP) is 2.42. The van der Waals surface area contributed by atoms with E-state index in [1.807, 2.05) is 0 Å². The van der Waals surface area contributed by atoms with E-state index in [1.54, 1.807) is 18.2 Å². The molecular formula is C9H4IrN3O4S-.